The number of nitrogens with zero attached hydrogens (tertiary/aromatic N) is 1. The van der Waals surface area contributed by atoms with E-state index in [-0.39, 0.29) is 59.2 Å². The molecule has 0 spiro atoms. The van der Waals surface area contributed by atoms with Crippen molar-refractivity contribution >= 4 is 23.2 Å². The second-order valence-electron chi connectivity index (χ2n) is 13.1. The van der Waals surface area contributed by atoms with Crippen molar-refractivity contribution in [3.8, 4) is 5.75 Å². The molecule has 0 aliphatic heterocycles. The number of allylic oxidation sites excluding steroid dienone is 8. The summed E-state index contributed by atoms with van der Waals surface area (Å²) in [5.41, 5.74) is 5.58. The maximum Gasteiger partial charge on any atom is 0.151 e. The minimum Gasteiger partial charge on any atom is -0.508 e. The summed E-state index contributed by atoms with van der Waals surface area (Å²) in [6, 6.07) is 1.87. The molecule has 0 saturated carbocycles. The van der Waals surface area contributed by atoms with Crippen LogP contribution in [-0.2, 0) is 25.5 Å². The minimum absolute atomic E-state index is 0.0697. The molecule has 0 amide bonds. The van der Waals surface area contributed by atoms with Crippen LogP contribution in [0.5, 0.6) is 5.75 Å². The summed E-state index contributed by atoms with van der Waals surface area (Å²) < 4.78 is 9.67. The van der Waals surface area contributed by atoms with Gasteiger partial charge in [-0.3, -0.25) is 9.59 Å². The maximum atomic E-state index is 13.0. The van der Waals surface area contributed by atoms with E-state index in [2.05, 4.69) is 16.5 Å². The highest BCUT2D eigenvalue weighted by Crippen LogP contribution is 2.47. The SMILES string of the molecule is C=C(O)/C(COC)=C(\C1=C(C(C)C(C)=O)C(O)=C(c2c(CC)cc(C)c(/C(C=O)=C(\C=C\C(C)C)CN=O)c2O)C(C)=CC1)C(C)C.COC. The Morgan fingerprint density at radius 3 is 2.14 bits per heavy atom. The highest BCUT2D eigenvalue weighted by Gasteiger charge is 2.33. The molecule has 0 heterocycles. The molecule has 50 heavy (non-hydrogen) atoms. The fourth-order valence-electron chi connectivity index (χ4n) is 6.18. The molecular weight excluding hydrogens is 634 g/mol. The molecule has 0 bridgehead atoms. The van der Waals surface area contributed by atoms with Crippen LogP contribution in [0.3, 0.4) is 0 Å². The lowest BCUT2D eigenvalue weighted by atomic mass is 9.79. The van der Waals surface area contributed by atoms with Crippen LogP contribution in [-0.4, -0.2) is 61.9 Å². The quantitative estimate of drug-likeness (QED) is 0.0543. The van der Waals surface area contributed by atoms with E-state index in [1.54, 1.807) is 34.1 Å². The number of carbonyl (C=O) groups is 2. The smallest absolute Gasteiger partial charge is 0.151 e. The zero-order chi connectivity index (χ0) is 38.5. The lowest BCUT2D eigenvalue weighted by Gasteiger charge is -2.26. The van der Waals surface area contributed by atoms with Gasteiger partial charge in [0.05, 0.1) is 6.61 Å². The third-order valence-electron chi connectivity index (χ3n) is 8.59. The van der Waals surface area contributed by atoms with Crippen LogP contribution >= 0.6 is 0 Å². The lowest BCUT2D eigenvalue weighted by Crippen LogP contribution is -2.18. The Bertz CT molecular complexity index is 1630. The third kappa shape index (κ3) is 10.3. The van der Waals surface area contributed by atoms with Crippen LogP contribution in [0.4, 0.5) is 0 Å². The molecule has 0 aromatic heterocycles. The first-order valence-corrected chi connectivity index (χ1v) is 16.9. The average Bonchev–Trinajstić information content (AvgIpc) is 3.15. The zero-order valence-electron chi connectivity index (χ0n) is 32.0. The highest BCUT2D eigenvalue weighted by atomic mass is 16.5. The lowest BCUT2D eigenvalue weighted by molar-refractivity contribution is -0.119. The van der Waals surface area contributed by atoms with E-state index in [0.717, 1.165) is 5.56 Å². The van der Waals surface area contributed by atoms with Crippen LogP contribution < -0.4 is 0 Å². The average molecular weight is 692 g/mol. The number of rotatable bonds is 15. The molecule has 0 radical (unpaired) electrons. The predicted octanol–water partition coefficient (Wildman–Crippen LogP) is 9.27. The van der Waals surface area contributed by atoms with Crippen LogP contribution in [0.2, 0.25) is 0 Å². The summed E-state index contributed by atoms with van der Waals surface area (Å²) in [7, 11) is 4.77. The van der Waals surface area contributed by atoms with Crippen molar-refractivity contribution in [2.75, 3.05) is 34.5 Å². The first-order valence-electron chi connectivity index (χ1n) is 16.9. The zero-order valence-corrected chi connectivity index (χ0v) is 32.0. The monoisotopic (exact) mass is 691 g/mol. The second kappa shape index (κ2) is 20.4. The number of phenols is 1. The van der Waals surface area contributed by atoms with Crippen LogP contribution in [0.15, 0.2) is 81.0 Å². The van der Waals surface area contributed by atoms with Gasteiger partial charge in [-0.15, -0.1) is 0 Å². The summed E-state index contributed by atoms with van der Waals surface area (Å²) >= 11 is 0. The summed E-state index contributed by atoms with van der Waals surface area (Å²) in [4.78, 5) is 37.1. The number of hydrogen-bond donors (Lipinski definition) is 3. The Balaban J connectivity index is 0.00000401. The first-order chi connectivity index (χ1) is 23.5. The van der Waals surface area contributed by atoms with Gasteiger partial charge in [0, 0.05) is 60.7 Å². The maximum absolute atomic E-state index is 13.0. The molecule has 3 N–H and O–H groups in total. The van der Waals surface area contributed by atoms with E-state index < -0.39 is 5.92 Å². The van der Waals surface area contributed by atoms with Crippen molar-refractivity contribution in [3.63, 3.8) is 0 Å². The minimum atomic E-state index is -0.752. The molecule has 1 atom stereocenters. The topological polar surface area (TPSA) is 143 Å². The second-order valence-corrected chi connectivity index (χ2v) is 13.1. The number of benzene rings is 1. The van der Waals surface area contributed by atoms with Gasteiger partial charge < -0.3 is 24.8 Å². The summed E-state index contributed by atoms with van der Waals surface area (Å²) in [6.45, 7) is 20.1. The molecule has 0 fully saturated rings. The van der Waals surface area contributed by atoms with Crippen molar-refractivity contribution in [1.82, 2.24) is 0 Å². The van der Waals surface area contributed by atoms with Gasteiger partial charge in [-0.05, 0) is 78.9 Å². The number of ketones is 1. The van der Waals surface area contributed by atoms with Gasteiger partial charge >= 0.3 is 0 Å². The Morgan fingerprint density at radius 2 is 1.70 bits per heavy atom. The molecule has 1 unspecified atom stereocenters. The number of aliphatic hydroxyl groups excluding tert-OH is 2. The summed E-state index contributed by atoms with van der Waals surface area (Å²) in [5.74, 6) is -1.51. The van der Waals surface area contributed by atoms with Crippen molar-refractivity contribution in [3.05, 3.63) is 103 Å². The molecule has 1 aromatic rings. The molecular formula is C41H57NO8. The van der Waals surface area contributed by atoms with Crippen molar-refractivity contribution < 1.29 is 34.4 Å². The van der Waals surface area contributed by atoms with Crippen LogP contribution in [0.1, 0.15) is 84.1 Å². The molecule has 9 heteroatoms. The van der Waals surface area contributed by atoms with Gasteiger partial charge in [-0.2, -0.15) is 4.91 Å². The van der Waals surface area contributed by atoms with Crippen molar-refractivity contribution in [2.45, 2.75) is 75.2 Å². The molecule has 2 rings (SSSR count). The number of aryl methyl sites for hydroxylation is 2. The molecule has 1 aromatic carbocycles. The van der Waals surface area contributed by atoms with E-state index in [1.807, 2.05) is 59.8 Å². The Hall–Kier alpha value is -4.34. The van der Waals surface area contributed by atoms with E-state index in [4.69, 9.17) is 4.74 Å². The Labute approximate surface area is 298 Å². The van der Waals surface area contributed by atoms with Gasteiger partial charge in [0.15, 0.2) is 6.29 Å². The predicted molar refractivity (Wildman–Crippen MR) is 203 cm³/mol. The number of carbonyl (C=O) groups excluding carboxylic acids is 2. The summed E-state index contributed by atoms with van der Waals surface area (Å²) in [5, 5.41) is 38.2. The van der Waals surface area contributed by atoms with Gasteiger partial charge in [-0.25, -0.2) is 0 Å². The van der Waals surface area contributed by atoms with E-state index in [1.165, 1.54) is 14.0 Å². The van der Waals surface area contributed by atoms with Gasteiger partial charge in [0.1, 0.15) is 29.6 Å². The number of nitroso groups, excluding NO2 is 1. The normalized spacial score (nSPS) is 15.3. The van der Waals surface area contributed by atoms with Gasteiger partial charge in [0.2, 0.25) is 0 Å². The Morgan fingerprint density at radius 1 is 1.10 bits per heavy atom. The van der Waals surface area contributed by atoms with E-state index >= 15 is 0 Å². The fraction of sp³-hybridized carbons (Fsp3) is 0.463. The van der Waals surface area contributed by atoms with Crippen molar-refractivity contribution in [1.29, 1.82) is 0 Å². The number of hydrogen-bond acceptors (Lipinski definition) is 9. The number of ether oxygens (including phenoxy) is 2. The summed E-state index contributed by atoms with van der Waals surface area (Å²) in [6.07, 6.45) is 6.88. The van der Waals surface area contributed by atoms with Gasteiger partial charge in [0.25, 0.3) is 0 Å². The van der Waals surface area contributed by atoms with Crippen LogP contribution in [0, 0.1) is 29.6 Å². The standard InChI is InChI=1S/C39H51NO7.C2H6O/c1-12-28-17-24(7)34(31(19-41)29(18-40-46)15-13-21(2)3)38(44)37(28)35-23(6)14-16-30(36(39(35)45)25(8)26(9)42)33(22(4)5)32(20-47-11)27(10)43;1-3-2/h13-15,17,19,21-22,25,43-45H,10,12,16,18,20H2,1-9,11H3;1-2H3/b15-13+,31-29+,33-32-;. The van der Waals surface area contributed by atoms with E-state index in [0.29, 0.717) is 69.3 Å². The number of methoxy groups -OCH3 is 2. The molecule has 274 valence electrons. The number of phenolic OH excluding ortho intramolecular Hbond substituents is 1. The number of Topliss-reactive ketones (excluding diaryl/α,β-unsaturated/α-hetero) is 1. The fourth-order valence-corrected chi connectivity index (χ4v) is 6.18. The molecule has 1 aliphatic carbocycles. The van der Waals surface area contributed by atoms with Crippen molar-refractivity contribution in [2.24, 2.45) is 22.9 Å². The third-order valence-corrected chi connectivity index (χ3v) is 8.59. The Kier molecular flexibility index (Phi) is 17.8. The van der Waals surface area contributed by atoms with E-state index in [9.17, 15) is 29.8 Å². The molecule has 0 saturated heterocycles. The molecule has 9 nitrogen and oxygen atoms in total. The van der Waals surface area contributed by atoms with Gasteiger partial charge in [-0.1, -0.05) is 77.6 Å². The van der Waals surface area contributed by atoms with Crippen LogP contribution in [0.25, 0.3) is 11.1 Å². The highest BCUT2D eigenvalue weighted by molar-refractivity contribution is 6.11. The number of aromatic hydroxyl groups is 1. The first kappa shape index (κ1) is 43.7. The number of aldehydes is 1. The number of aliphatic hydroxyl groups is 2. The largest absolute Gasteiger partial charge is 0.508 e. The molecule has 1 aliphatic rings.